The second kappa shape index (κ2) is 7.22. The first kappa shape index (κ1) is 18.0. The monoisotopic (exact) mass is 345 g/mol. The summed E-state index contributed by atoms with van der Waals surface area (Å²) in [5, 5.41) is 0. The molecule has 0 aromatic carbocycles. The second-order valence-electron chi connectivity index (χ2n) is 8.29. The van der Waals surface area contributed by atoms with E-state index in [0.29, 0.717) is 0 Å². The molecular formula is C20H31N3O2. The summed E-state index contributed by atoms with van der Waals surface area (Å²) in [5.41, 5.74) is 1.87. The summed E-state index contributed by atoms with van der Waals surface area (Å²) in [7, 11) is 0. The van der Waals surface area contributed by atoms with Crippen molar-refractivity contribution in [2.75, 3.05) is 24.5 Å². The molecule has 3 rings (SSSR count). The number of likely N-dealkylation sites (tertiary alicyclic amines) is 1. The molecule has 2 saturated heterocycles. The Morgan fingerprint density at radius 1 is 1.16 bits per heavy atom. The Balaban J connectivity index is 1.76. The standard InChI is InChI=1S/C20H31N3O2/c1-15-13-16(14-21-18(15)22-10-6-5-7-11-22)17-9-8-12-23(17)19(24)25-20(2,3)4/h13-14,17H,5-12H2,1-4H3/t17-/m1/s1. The minimum Gasteiger partial charge on any atom is -0.444 e. The van der Waals surface area contributed by atoms with Gasteiger partial charge in [0, 0.05) is 25.8 Å². The smallest absolute Gasteiger partial charge is 0.410 e. The summed E-state index contributed by atoms with van der Waals surface area (Å²) in [4.78, 5) is 21.5. The number of ether oxygens (including phenoxy) is 1. The molecular weight excluding hydrogens is 314 g/mol. The van der Waals surface area contributed by atoms with Crippen LogP contribution in [-0.2, 0) is 4.74 Å². The van der Waals surface area contributed by atoms with Gasteiger partial charge in [0.2, 0.25) is 0 Å². The third-order valence-corrected chi connectivity index (χ3v) is 4.99. The molecule has 0 aliphatic carbocycles. The number of piperidine rings is 1. The molecule has 0 bridgehead atoms. The predicted octanol–water partition coefficient (Wildman–Crippen LogP) is 4.45. The van der Waals surface area contributed by atoms with E-state index in [4.69, 9.17) is 9.72 Å². The van der Waals surface area contributed by atoms with E-state index < -0.39 is 5.60 Å². The summed E-state index contributed by atoms with van der Waals surface area (Å²) in [6.45, 7) is 10.8. The molecule has 2 aliphatic rings. The average molecular weight is 345 g/mol. The van der Waals surface area contributed by atoms with E-state index in [9.17, 15) is 4.79 Å². The molecule has 2 aliphatic heterocycles. The van der Waals surface area contributed by atoms with Crippen molar-refractivity contribution in [1.29, 1.82) is 0 Å². The fourth-order valence-corrected chi connectivity index (χ4v) is 3.86. The number of pyridine rings is 1. The summed E-state index contributed by atoms with van der Waals surface area (Å²) in [6, 6.07) is 2.29. The largest absolute Gasteiger partial charge is 0.444 e. The topological polar surface area (TPSA) is 45.7 Å². The van der Waals surface area contributed by atoms with Crippen molar-refractivity contribution in [3.63, 3.8) is 0 Å². The van der Waals surface area contributed by atoms with Crippen LogP contribution in [0.25, 0.3) is 0 Å². The molecule has 2 fully saturated rings. The molecule has 1 atom stereocenters. The Labute approximate surface area is 151 Å². The highest BCUT2D eigenvalue weighted by Gasteiger charge is 2.33. The molecule has 5 heteroatoms. The van der Waals surface area contributed by atoms with Gasteiger partial charge in [-0.1, -0.05) is 0 Å². The molecule has 1 aromatic rings. The quantitative estimate of drug-likeness (QED) is 0.794. The van der Waals surface area contributed by atoms with E-state index in [2.05, 4.69) is 17.9 Å². The first-order chi connectivity index (χ1) is 11.8. The normalized spacial score (nSPS) is 21.5. The van der Waals surface area contributed by atoms with Crippen LogP contribution in [0.3, 0.4) is 0 Å². The van der Waals surface area contributed by atoms with Crippen molar-refractivity contribution in [1.82, 2.24) is 9.88 Å². The molecule has 0 spiro atoms. The summed E-state index contributed by atoms with van der Waals surface area (Å²) >= 11 is 0. The number of hydrogen-bond acceptors (Lipinski definition) is 4. The molecule has 0 radical (unpaired) electrons. The lowest BCUT2D eigenvalue weighted by molar-refractivity contribution is 0.0224. The molecule has 5 nitrogen and oxygen atoms in total. The van der Waals surface area contributed by atoms with Gasteiger partial charge in [-0.3, -0.25) is 0 Å². The van der Waals surface area contributed by atoms with Gasteiger partial charge in [-0.2, -0.15) is 0 Å². The zero-order valence-electron chi connectivity index (χ0n) is 16.0. The summed E-state index contributed by atoms with van der Waals surface area (Å²) < 4.78 is 5.58. The average Bonchev–Trinajstić information content (AvgIpc) is 3.04. The highest BCUT2D eigenvalue weighted by molar-refractivity contribution is 5.69. The minimum atomic E-state index is -0.462. The fourth-order valence-electron chi connectivity index (χ4n) is 3.86. The Bertz CT molecular complexity index is 618. The zero-order valence-corrected chi connectivity index (χ0v) is 16.0. The van der Waals surface area contributed by atoms with Crippen LogP contribution >= 0.6 is 0 Å². The van der Waals surface area contributed by atoms with Crippen molar-refractivity contribution < 1.29 is 9.53 Å². The number of amides is 1. The van der Waals surface area contributed by atoms with Crippen LogP contribution in [-0.4, -0.2) is 41.2 Å². The molecule has 25 heavy (non-hydrogen) atoms. The van der Waals surface area contributed by atoms with Crippen molar-refractivity contribution in [3.8, 4) is 0 Å². The molecule has 0 saturated carbocycles. The number of rotatable bonds is 2. The van der Waals surface area contributed by atoms with Gasteiger partial charge in [-0.15, -0.1) is 0 Å². The number of aromatic nitrogens is 1. The number of hydrogen-bond donors (Lipinski definition) is 0. The van der Waals surface area contributed by atoms with Gasteiger partial charge in [0.1, 0.15) is 11.4 Å². The SMILES string of the molecule is Cc1cc([C@H]2CCCN2C(=O)OC(C)(C)C)cnc1N1CCCCC1. The number of aryl methyl sites for hydroxylation is 1. The highest BCUT2D eigenvalue weighted by Crippen LogP contribution is 2.34. The highest BCUT2D eigenvalue weighted by atomic mass is 16.6. The molecule has 1 aromatic heterocycles. The van der Waals surface area contributed by atoms with Gasteiger partial charge < -0.3 is 14.5 Å². The van der Waals surface area contributed by atoms with Crippen LogP contribution in [0, 0.1) is 6.92 Å². The molecule has 0 N–H and O–H groups in total. The lowest BCUT2D eigenvalue weighted by Gasteiger charge is -2.31. The van der Waals surface area contributed by atoms with Crippen LogP contribution in [0.5, 0.6) is 0 Å². The summed E-state index contributed by atoms with van der Waals surface area (Å²) in [5.74, 6) is 1.10. The van der Waals surface area contributed by atoms with Gasteiger partial charge in [0.15, 0.2) is 0 Å². The van der Waals surface area contributed by atoms with E-state index in [-0.39, 0.29) is 12.1 Å². The Morgan fingerprint density at radius 3 is 2.52 bits per heavy atom. The van der Waals surface area contributed by atoms with Crippen LogP contribution < -0.4 is 4.90 Å². The van der Waals surface area contributed by atoms with E-state index >= 15 is 0 Å². The number of carbonyl (C=O) groups is 1. The second-order valence-corrected chi connectivity index (χ2v) is 8.29. The maximum Gasteiger partial charge on any atom is 0.410 e. The Morgan fingerprint density at radius 2 is 1.88 bits per heavy atom. The maximum absolute atomic E-state index is 12.5. The van der Waals surface area contributed by atoms with Gasteiger partial charge in [-0.05, 0) is 77.0 Å². The van der Waals surface area contributed by atoms with E-state index in [1.54, 1.807) is 0 Å². The van der Waals surface area contributed by atoms with Crippen molar-refractivity contribution in [2.24, 2.45) is 0 Å². The first-order valence-electron chi connectivity index (χ1n) is 9.56. The third-order valence-electron chi connectivity index (χ3n) is 4.99. The van der Waals surface area contributed by atoms with Crippen LogP contribution in [0.1, 0.15) is 70.0 Å². The van der Waals surface area contributed by atoms with E-state index in [1.165, 1.54) is 24.8 Å². The van der Waals surface area contributed by atoms with E-state index in [1.807, 2.05) is 31.9 Å². The molecule has 138 valence electrons. The molecule has 0 unspecified atom stereocenters. The van der Waals surface area contributed by atoms with Crippen molar-refractivity contribution >= 4 is 11.9 Å². The van der Waals surface area contributed by atoms with Crippen molar-refractivity contribution in [3.05, 3.63) is 23.4 Å². The van der Waals surface area contributed by atoms with Crippen LogP contribution in [0.15, 0.2) is 12.3 Å². The zero-order chi connectivity index (χ0) is 18.0. The lowest BCUT2D eigenvalue weighted by atomic mass is 10.0. The Hall–Kier alpha value is -1.78. The Kier molecular flexibility index (Phi) is 5.21. The van der Waals surface area contributed by atoms with Crippen LogP contribution in [0.4, 0.5) is 10.6 Å². The first-order valence-corrected chi connectivity index (χ1v) is 9.56. The van der Waals surface area contributed by atoms with Gasteiger partial charge >= 0.3 is 6.09 Å². The predicted molar refractivity (Wildman–Crippen MR) is 100.0 cm³/mol. The van der Waals surface area contributed by atoms with Gasteiger partial charge in [0.05, 0.1) is 6.04 Å². The maximum atomic E-state index is 12.5. The molecule has 1 amide bonds. The fraction of sp³-hybridized carbons (Fsp3) is 0.700. The van der Waals surface area contributed by atoms with Crippen LogP contribution in [0.2, 0.25) is 0 Å². The lowest BCUT2D eigenvalue weighted by Crippen LogP contribution is -2.36. The van der Waals surface area contributed by atoms with E-state index in [0.717, 1.165) is 43.9 Å². The summed E-state index contributed by atoms with van der Waals surface area (Å²) in [6.07, 6.45) is 7.55. The minimum absolute atomic E-state index is 0.0801. The van der Waals surface area contributed by atoms with Gasteiger partial charge in [0.25, 0.3) is 0 Å². The molecule has 3 heterocycles. The van der Waals surface area contributed by atoms with Crippen molar-refractivity contribution in [2.45, 2.75) is 71.4 Å². The van der Waals surface area contributed by atoms with Gasteiger partial charge in [-0.25, -0.2) is 9.78 Å². The number of nitrogens with zero attached hydrogens (tertiary/aromatic N) is 3. The number of carbonyl (C=O) groups excluding carboxylic acids is 1. The third kappa shape index (κ3) is 4.25. The number of anilines is 1.